The van der Waals surface area contributed by atoms with Gasteiger partial charge in [0.25, 0.3) is 0 Å². The highest BCUT2D eigenvalue weighted by Gasteiger charge is 2.27. The third kappa shape index (κ3) is 3.87. The molecule has 0 aromatic carbocycles. The van der Waals surface area contributed by atoms with Crippen LogP contribution in [0.3, 0.4) is 0 Å². The molecule has 2 aliphatic rings. The molecule has 0 aromatic rings. The fraction of sp³-hybridized carbons (Fsp3) is 0.929. The van der Waals surface area contributed by atoms with Crippen molar-refractivity contribution < 1.29 is 0 Å². The van der Waals surface area contributed by atoms with Gasteiger partial charge in [-0.05, 0) is 52.1 Å². The van der Waals surface area contributed by atoms with Gasteiger partial charge in [0.2, 0.25) is 0 Å². The maximum absolute atomic E-state index is 5.99. The average molecular weight is 252 g/mol. The predicted octanol–water partition coefficient (Wildman–Crippen LogP) is 1.66. The molecule has 2 fully saturated rings. The van der Waals surface area contributed by atoms with E-state index in [4.69, 9.17) is 5.73 Å². The number of likely N-dealkylation sites (tertiary alicyclic amines) is 1. The zero-order valence-electron chi connectivity index (χ0n) is 11.9. The smallest absolute Gasteiger partial charge is 0.191 e. The van der Waals surface area contributed by atoms with Crippen LogP contribution in [-0.2, 0) is 0 Å². The summed E-state index contributed by atoms with van der Waals surface area (Å²) in [5, 5.41) is 0. The number of nitrogens with two attached hydrogens (primary N) is 1. The molecule has 4 heteroatoms. The van der Waals surface area contributed by atoms with Crippen molar-refractivity contribution in [2.24, 2.45) is 10.7 Å². The molecule has 1 heterocycles. The van der Waals surface area contributed by atoms with Gasteiger partial charge in [-0.15, -0.1) is 0 Å². The lowest BCUT2D eigenvalue weighted by molar-refractivity contribution is 0.168. The molecule has 2 rings (SSSR count). The molecule has 4 nitrogen and oxygen atoms in total. The van der Waals surface area contributed by atoms with Crippen LogP contribution in [0.4, 0.5) is 0 Å². The molecule has 18 heavy (non-hydrogen) atoms. The second-order valence-electron chi connectivity index (χ2n) is 5.82. The Kier molecular flexibility index (Phi) is 4.87. The average Bonchev–Trinajstić information content (AvgIpc) is 3.23. The molecule has 1 atom stereocenters. The molecular formula is C14H28N4. The van der Waals surface area contributed by atoms with Crippen LogP contribution < -0.4 is 5.73 Å². The zero-order valence-corrected chi connectivity index (χ0v) is 11.9. The van der Waals surface area contributed by atoms with E-state index in [9.17, 15) is 0 Å². The van der Waals surface area contributed by atoms with Crippen molar-refractivity contribution in [1.29, 1.82) is 0 Å². The molecule has 1 unspecified atom stereocenters. The lowest BCUT2D eigenvalue weighted by atomic mass is 10.1. The Balaban J connectivity index is 1.68. The fourth-order valence-corrected chi connectivity index (χ4v) is 2.67. The Bertz CT molecular complexity index is 280. The lowest BCUT2D eigenvalue weighted by Gasteiger charge is -2.32. The van der Waals surface area contributed by atoms with Crippen LogP contribution in [0, 0.1) is 0 Å². The number of rotatable bonds is 5. The highest BCUT2D eigenvalue weighted by atomic mass is 15.3. The number of hydrogen-bond acceptors (Lipinski definition) is 2. The maximum atomic E-state index is 5.99. The summed E-state index contributed by atoms with van der Waals surface area (Å²) in [6.07, 6.45) is 7.80. The van der Waals surface area contributed by atoms with E-state index in [0.29, 0.717) is 12.1 Å². The first kappa shape index (κ1) is 13.7. The van der Waals surface area contributed by atoms with Crippen molar-refractivity contribution in [3.8, 4) is 0 Å². The molecule has 0 spiro atoms. The van der Waals surface area contributed by atoms with Crippen molar-refractivity contribution in [3.63, 3.8) is 0 Å². The quantitative estimate of drug-likeness (QED) is 0.598. The normalized spacial score (nSPS) is 24.0. The molecule has 104 valence electrons. The summed E-state index contributed by atoms with van der Waals surface area (Å²) in [5.41, 5.74) is 5.99. The summed E-state index contributed by atoms with van der Waals surface area (Å²) in [6.45, 7) is 5.72. The van der Waals surface area contributed by atoms with Gasteiger partial charge >= 0.3 is 0 Å². The molecule has 1 saturated carbocycles. The van der Waals surface area contributed by atoms with Crippen LogP contribution in [0.1, 0.15) is 45.4 Å². The molecule has 0 amide bonds. The third-order valence-corrected chi connectivity index (χ3v) is 4.29. The topological polar surface area (TPSA) is 44.9 Å². The molecule has 1 saturated heterocycles. The number of hydrogen-bond donors (Lipinski definition) is 1. The van der Waals surface area contributed by atoms with Gasteiger partial charge in [0, 0.05) is 25.7 Å². The van der Waals surface area contributed by atoms with Gasteiger partial charge < -0.3 is 15.5 Å². The van der Waals surface area contributed by atoms with Crippen LogP contribution in [0.15, 0.2) is 4.99 Å². The number of aliphatic imine (C=N–C) groups is 1. The molecule has 0 aromatic heterocycles. The second-order valence-corrected chi connectivity index (χ2v) is 5.82. The lowest BCUT2D eigenvalue weighted by Crippen LogP contribution is -2.38. The minimum atomic E-state index is 0.646. The molecule has 0 bridgehead atoms. The maximum Gasteiger partial charge on any atom is 0.191 e. The van der Waals surface area contributed by atoms with Gasteiger partial charge in [-0.3, -0.25) is 4.99 Å². The number of piperidine rings is 1. The van der Waals surface area contributed by atoms with Crippen molar-refractivity contribution in [2.45, 2.75) is 57.5 Å². The van der Waals surface area contributed by atoms with Gasteiger partial charge in [0.1, 0.15) is 0 Å². The predicted molar refractivity (Wildman–Crippen MR) is 76.8 cm³/mol. The first-order chi connectivity index (χ1) is 8.68. The summed E-state index contributed by atoms with van der Waals surface area (Å²) >= 11 is 0. The highest BCUT2D eigenvalue weighted by Crippen LogP contribution is 2.24. The SMILES string of the molecule is CC(CCN=C(N)N(C)C1CC1)N1CCCCC1. The Hall–Kier alpha value is -0.770. The van der Waals surface area contributed by atoms with E-state index in [2.05, 4.69) is 28.8 Å². The van der Waals surface area contributed by atoms with E-state index in [0.717, 1.165) is 18.9 Å². The minimum absolute atomic E-state index is 0.646. The molecule has 1 aliphatic carbocycles. The summed E-state index contributed by atoms with van der Waals surface area (Å²) in [4.78, 5) is 9.24. The van der Waals surface area contributed by atoms with Gasteiger partial charge in [-0.1, -0.05) is 6.42 Å². The van der Waals surface area contributed by atoms with Gasteiger partial charge in [0.05, 0.1) is 0 Å². The van der Waals surface area contributed by atoms with Crippen LogP contribution in [0.25, 0.3) is 0 Å². The summed E-state index contributed by atoms with van der Waals surface area (Å²) in [5.74, 6) is 0.725. The van der Waals surface area contributed by atoms with Crippen molar-refractivity contribution in [2.75, 3.05) is 26.7 Å². The largest absolute Gasteiger partial charge is 0.370 e. The van der Waals surface area contributed by atoms with Crippen molar-refractivity contribution >= 4 is 5.96 Å². The Morgan fingerprint density at radius 3 is 2.61 bits per heavy atom. The fourth-order valence-electron chi connectivity index (χ4n) is 2.67. The minimum Gasteiger partial charge on any atom is -0.370 e. The second kappa shape index (κ2) is 6.41. The van der Waals surface area contributed by atoms with Crippen LogP contribution in [-0.4, -0.2) is 54.5 Å². The van der Waals surface area contributed by atoms with E-state index < -0.39 is 0 Å². The summed E-state index contributed by atoms with van der Waals surface area (Å²) in [7, 11) is 2.06. The third-order valence-electron chi connectivity index (χ3n) is 4.29. The van der Waals surface area contributed by atoms with Crippen LogP contribution >= 0.6 is 0 Å². The standard InChI is InChI=1S/C14H28N4/c1-12(18-10-4-3-5-11-18)8-9-16-14(15)17(2)13-6-7-13/h12-13H,3-11H2,1-2H3,(H2,15,16). The summed E-state index contributed by atoms with van der Waals surface area (Å²) < 4.78 is 0. The van der Waals surface area contributed by atoms with Crippen molar-refractivity contribution in [3.05, 3.63) is 0 Å². The first-order valence-corrected chi connectivity index (χ1v) is 7.45. The van der Waals surface area contributed by atoms with Gasteiger partial charge in [0.15, 0.2) is 5.96 Å². The van der Waals surface area contributed by atoms with Crippen LogP contribution in [0.5, 0.6) is 0 Å². The molecule has 2 N–H and O–H groups in total. The Morgan fingerprint density at radius 1 is 1.33 bits per heavy atom. The Morgan fingerprint density at radius 2 is 2.00 bits per heavy atom. The highest BCUT2D eigenvalue weighted by molar-refractivity contribution is 5.78. The van der Waals surface area contributed by atoms with E-state index in [1.807, 2.05) is 0 Å². The van der Waals surface area contributed by atoms with Crippen LogP contribution in [0.2, 0.25) is 0 Å². The van der Waals surface area contributed by atoms with E-state index in [-0.39, 0.29) is 0 Å². The van der Waals surface area contributed by atoms with E-state index in [1.165, 1.54) is 45.2 Å². The zero-order chi connectivity index (χ0) is 13.0. The molecular weight excluding hydrogens is 224 g/mol. The van der Waals surface area contributed by atoms with Gasteiger partial charge in [-0.2, -0.15) is 0 Å². The first-order valence-electron chi connectivity index (χ1n) is 7.45. The number of nitrogens with zero attached hydrogens (tertiary/aromatic N) is 3. The van der Waals surface area contributed by atoms with E-state index in [1.54, 1.807) is 0 Å². The monoisotopic (exact) mass is 252 g/mol. The Labute approximate surface area is 111 Å². The van der Waals surface area contributed by atoms with Gasteiger partial charge in [-0.25, -0.2) is 0 Å². The van der Waals surface area contributed by atoms with E-state index >= 15 is 0 Å². The number of guanidine groups is 1. The van der Waals surface area contributed by atoms with Crippen molar-refractivity contribution in [1.82, 2.24) is 9.80 Å². The molecule has 0 radical (unpaired) electrons. The molecule has 1 aliphatic heterocycles. The summed E-state index contributed by atoms with van der Waals surface area (Å²) in [6, 6.07) is 1.31.